The molecule has 0 aliphatic carbocycles. The molecule has 0 N–H and O–H groups in total. The molecule has 2 heterocycles. The molecule has 0 amide bonds. The Morgan fingerprint density at radius 2 is 1.83 bits per heavy atom. The van der Waals surface area contributed by atoms with Gasteiger partial charge < -0.3 is 4.74 Å². The second kappa shape index (κ2) is 7.21. The van der Waals surface area contributed by atoms with Crippen LogP contribution in [0.25, 0.3) is 0 Å². The van der Waals surface area contributed by atoms with E-state index in [0.29, 0.717) is 34.2 Å². The Morgan fingerprint density at radius 1 is 1.13 bits per heavy atom. The number of hydrogen-bond donors (Lipinski definition) is 0. The van der Waals surface area contributed by atoms with Crippen molar-refractivity contribution in [1.29, 1.82) is 0 Å². The molecule has 0 radical (unpaired) electrons. The van der Waals surface area contributed by atoms with Crippen LogP contribution >= 0.6 is 22.9 Å². The smallest absolute Gasteiger partial charge is 0.252 e. The number of nitrogens with zero attached hydrogens (tertiary/aromatic N) is 1. The van der Waals surface area contributed by atoms with Gasteiger partial charge in [0.15, 0.2) is 0 Å². The van der Waals surface area contributed by atoms with E-state index in [1.807, 2.05) is 30.3 Å². The van der Waals surface area contributed by atoms with E-state index in [2.05, 4.69) is 0 Å². The summed E-state index contributed by atoms with van der Waals surface area (Å²) in [5.41, 5.74) is 0. The lowest BCUT2D eigenvalue weighted by Crippen LogP contribution is -2.39. The molecule has 124 valence electrons. The lowest BCUT2D eigenvalue weighted by Gasteiger charge is -2.30. The summed E-state index contributed by atoms with van der Waals surface area (Å²) in [7, 11) is -3.41. The average molecular weight is 372 g/mol. The first-order valence-corrected chi connectivity index (χ1v) is 10.1. The predicted octanol–water partition coefficient (Wildman–Crippen LogP) is 3.88. The van der Waals surface area contributed by atoms with E-state index in [1.165, 1.54) is 0 Å². The van der Waals surface area contributed by atoms with Crippen molar-refractivity contribution >= 4 is 33.0 Å². The van der Waals surface area contributed by atoms with Gasteiger partial charge in [0.2, 0.25) is 0 Å². The second-order valence-corrected chi connectivity index (χ2v) is 9.41. The number of hydrogen-bond acceptors (Lipinski definition) is 4. The van der Waals surface area contributed by atoms with Crippen LogP contribution < -0.4 is 4.74 Å². The number of thiophene rings is 1. The van der Waals surface area contributed by atoms with Gasteiger partial charge >= 0.3 is 0 Å². The van der Waals surface area contributed by atoms with E-state index in [0.717, 1.165) is 29.9 Å². The molecule has 0 atom stereocenters. The zero-order valence-corrected chi connectivity index (χ0v) is 14.9. The summed E-state index contributed by atoms with van der Waals surface area (Å²) in [6.45, 7) is 1.68. The van der Waals surface area contributed by atoms with Gasteiger partial charge in [-0.3, -0.25) is 0 Å². The Bertz CT molecular complexity index is 738. The normalized spacial score (nSPS) is 17.3. The molecule has 0 spiro atoms. The van der Waals surface area contributed by atoms with E-state index in [1.54, 1.807) is 16.4 Å². The minimum atomic E-state index is -3.41. The third kappa shape index (κ3) is 4.07. The molecule has 1 fully saturated rings. The highest BCUT2D eigenvalue weighted by atomic mass is 35.5. The van der Waals surface area contributed by atoms with E-state index >= 15 is 0 Å². The zero-order valence-electron chi connectivity index (χ0n) is 12.5. The number of benzene rings is 1. The fourth-order valence-corrected chi connectivity index (χ4v) is 5.72. The van der Waals surface area contributed by atoms with E-state index in [4.69, 9.17) is 16.3 Å². The fourth-order valence-electron chi connectivity index (χ4n) is 2.61. The summed E-state index contributed by atoms with van der Waals surface area (Å²) in [5.74, 6) is 1.24. The summed E-state index contributed by atoms with van der Waals surface area (Å²) in [6.07, 6.45) is 1.62. The van der Waals surface area contributed by atoms with Crippen molar-refractivity contribution in [1.82, 2.24) is 4.31 Å². The van der Waals surface area contributed by atoms with Crippen LogP contribution in [0.1, 0.15) is 12.8 Å². The quantitative estimate of drug-likeness (QED) is 0.801. The maximum absolute atomic E-state index is 12.5. The standard InChI is InChI=1S/C16H18ClNO3S2/c17-15-6-7-16(22-15)23(19,20)18-10-8-13(9-11-18)12-21-14-4-2-1-3-5-14/h1-7,13H,8-12H2. The molecule has 1 aromatic heterocycles. The average Bonchev–Trinajstić information content (AvgIpc) is 3.02. The van der Waals surface area contributed by atoms with Gasteiger partial charge in [0.25, 0.3) is 10.0 Å². The largest absolute Gasteiger partial charge is 0.493 e. The molecule has 1 aliphatic heterocycles. The van der Waals surface area contributed by atoms with Crippen molar-refractivity contribution < 1.29 is 13.2 Å². The van der Waals surface area contributed by atoms with Gasteiger partial charge in [-0.15, -0.1) is 11.3 Å². The van der Waals surface area contributed by atoms with Crippen molar-refractivity contribution in [2.75, 3.05) is 19.7 Å². The van der Waals surface area contributed by atoms with Crippen LogP contribution in [0.2, 0.25) is 4.34 Å². The number of ether oxygens (including phenoxy) is 1. The van der Waals surface area contributed by atoms with Crippen molar-refractivity contribution in [2.24, 2.45) is 5.92 Å². The lowest BCUT2D eigenvalue weighted by atomic mass is 9.99. The molecule has 23 heavy (non-hydrogen) atoms. The number of rotatable bonds is 5. The molecular weight excluding hydrogens is 354 g/mol. The summed E-state index contributed by atoms with van der Waals surface area (Å²) >= 11 is 6.95. The molecule has 1 aromatic carbocycles. The highest BCUT2D eigenvalue weighted by Crippen LogP contribution is 2.30. The third-order valence-electron chi connectivity index (χ3n) is 3.95. The van der Waals surface area contributed by atoms with Gasteiger partial charge in [-0.05, 0) is 43.0 Å². The molecule has 0 saturated carbocycles. The first-order chi connectivity index (χ1) is 11.1. The molecule has 1 aliphatic rings. The molecule has 2 aromatic rings. The lowest BCUT2D eigenvalue weighted by molar-refractivity contribution is 0.185. The van der Waals surface area contributed by atoms with Crippen LogP contribution in [-0.4, -0.2) is 32.4 Å². The Hall–Kier alpha value is -1.08. The van der Waals surface area contributed by atoms with Gasteiger partial charge in [0.05, 0.1) is 10.9 Å². The van der Waals surface area contributed by atoms with Gasteiger partial charge in [0, 0.05) is 13.1 Å². The highest BCUT2D eigenvalue weighted by Gasteiger charge is 2.30. The van der Waals surface area contributed by atoms with Gasteiger partial charge in [-0.25, -0.2) is 8.42 Å². The molecular formula is C16H18ClNO3S2. The molecule has 3 rings (SSSR count). The summed E-state index contributed by atoms with van der Waals surface area (Å²) < 4.78 is 33.2. The van der Waals surface area contributed by atoms with Crippen LogP contribution in [0.5, 0.6) is 5.75 Å². The van der Waals surface area contributed by atoms with Crippen LogP contribution in [0.15, 0.2) is 46.7 Å². The Kier molecular flexibility index (Phi) is 5.26. The molecule has 1 saturated heterocycles. The monoisotopic (exact) mass is 371 g/mol. The predicted molar refractivity (Wildman–Crippen MR) is 92.7 cm³/mol. The first-order valence-electron chi connectivity index (χ1n) is 7.49. The van der Waals surface area contributed by atoms with Gasteiger partial charge in [0.1, 0.15) is 9.96 Å². The van der Waals surface area contributed by atoms with E-state index in [9.17, 15) is 8.42 Å². The van der Waals surface area contributed by atoms with Crippen LogP contribution in [0, 0.1) is 5.92 Å². The summed E-state index contributed by atoms with van der Waals surface area (Å²) in [6, 6.07) is 12.9. The minimum Gasteiger partial charge on any atom is -0.493 e. The minimum absolute atomic E-state index is 0.321. The zero-order chi connectivity index (χ0) is 16.3. The number of halogens is 1. The number of piperidine rings is 1. The van der Waals surface area contributed by atoms with Crippen LogP contribution in [0.3, 0.4) is 0 Å². The number of sulfonamides is 1. The highest BCUT2D eigenvalue weighted by molar-refractivity contribution is 7.91. The summed E-state index contributed by atoms with van der Waals surface area (Å²) in [5, 5.41) is 0. The maximum Gasteiger partial charge on any atom is 0.252 e. The topological polar surface area (TPSA) is 46.6 Å². The molecule has 4 nitrogen and oxygen atoms in total. The fraction of sp³-hybridized carbons (Fsp3) is 0.375. The third-order valence-corrected chi connectivity index (χ3v) is 7.54. The first kappa shape index (κ1) is 16.8. The van der Waals surface area contributed by atoms with Gasteiger partial charge in [-0.1, -0.05) is 29.8 Å². The Balaban J connectivity index is 1.54. The Labute approximate surface area is 145 Å². The molecule has 0 bridgehead atoms. The molecule has 7 heteroatoms. The second-order valence-electron chi connectivity index (χ2n) is 5.53. The SMILES string of the molecule is O=S(=O)(c1ccc(Cl)s1)N1CCC(COc2ccccc2)CC1. The number of para-hydroxylation sites is 1. The Morgan fingerprint density at radius 3 is 2.43 bits per heavy atom. The van der Waals surface area contributed by atoms with E-state index in [-0.39, 0.29) is 0 Å². The van der Waals surface area contributed by atoms with Crippen LogP contribution in [-0.2, 0) is 10.0 Å². The molecule has 0 unspecified atom stereocenters. The van der Waals surface area contributed by atoms with E-state index < -0.39 is 10.0 Å². The van der Waals surface area contributed by atoms with Crippen molar-refractivity contribution in [3.05, 3.63) is 46.8 Å². The van der Waals surface area contributed by atoms with Gasteiger partial charge in [-0.2, -0.15) is 4.31 Å². The summed E-state index contributed by atoms with van der Waals surface area (Å²) in [4.78, 5) is 0. The van der Waals surface area contributed by atoms with Crippen molar-refractivity contribution in [3.63, 3.8) is 0 Å². The van der Waals surface area contributed by atoms with Crippen molar-refractivity contribution in [2.45, 2.75) is 17.1 Å². The van der Waals surface area contributed by atoms with Crippen LogP contribution in [0.4, 0.5) is 0 Å². The van der Waals surface area contributed by atoms with Crippen molar-refractivity contribution in [3.8, 4) is 5.75 Å². The maximum atomic E-state index is 12.5.